The molecule has 0 aliphatic rings. The zero-order valence-electron chi connectivity index (χ0n) is 25.1. The summed E-state index contributed by atoms with van der Waals surface area (Å²) in [5.41, 5.74) is 1.55. The summed E-state index contributed by atoms with van der Waals surface area (Å²) in [5.74, 6) is -0.718. The molecule has 2 atom stereocenters. The van der Waals surface area contributed by atoms with Gasteiger partial charge in [-0.05, 0) is 84.4 Å². The van der Waals surface area contributed by atoms with Gasteiger partial charge >= 0.3 is 6.09 Å². The predicted molar refractivity (Wildman–Crippen MR) is 150 cm³/mol. The third-order valence-electron chi connectivity index (χ3n) is 6.01. The number of unbranched alkanes of at least 4 members (excludes halogenated alkanes) is 3. The number of aryl methyl sites for hydroxylation is 2. The summed E-state index contributed by atoms with van der Waals surface area (Å²) in [6.07, 6.45) is 3.18. The van der Waals surface area contributed by atoms with E-state index in [1.807, 2.05) is 66.7 Å². The molecule has 1 aromatic carbocycles. The lowest BCUT2D eigenvalue weighted by atomic mass is 9.92. The van der Waals surface area contributed by atoms with E-state index in [2.05, 4.69) is 17.6 Å². The minimum Gasteiger partial charge on any atom is -0.444 e. The zero-order valence-corrected chi connectivity index (χ0v) is 25.1. The van der Waals surface area contributed by atoms with Crippen molar-refractivity contribution in [3.05, 3.63) is 34.9 Å². The molecule has 1 rings (SSSR count). The van der Waals surface area contributed by atoms with E-state index in [1.165, 1.54) is 0 Å². The minimum absolute atomic E-state index is 0.206. The summed E-state index contributed by atoms with van der Waals surface area (Å²) in [4.78, 5) is 42.5. The Kier molecular flexibility index (Phi) is 12.1. The number of ether oxygens (including phenoxy) is 1. The van der Waals surface area contributed by atoms with Gasteiger partial charge in [-0.3, -0.25) is 9.59 Å². The van der Waals surface area contributed by atoms with Crippen molar-refractivity contribution in [2.45, 2.75) is 125 Å². The first-order valence-corrected chi connectivity index (χ1v) is 13.7. The molecule has 0 saturated carbocycles. The molecular formula is C30H51N3O4. The number of rotatable bonds is 11. The van der Waals surface area contributed by atoms with Gasteiger partial charge in [0.25, 0.3) is 0 Å². The summed E-state index contributed by atoms with van der Waals surface area (Å²) in [5, 5.41) is 5.90. The molecule has 0 aliphatic heterocycles. The lowest BCUT2D eigenvalue weighted by molar-refractivity contribution is -0.144. The Hall–Kier alpha value is -2.57. The topological polar surface area (TPSA) is 87.7 Å². The molecule has 7 nitrogen and oxygen atoms in total. The Morgan fingerprint density at radius 1 is 0.946 bits per heavy atom. The molecule has 2 N–H and O–H groups in total. The summed E-state index contributed by atoms with van der Waals surface area (Å²) >= 11 is 0. The average molecular weight is 518 g/mol. The summed E-state index contributed by atoms with van der Waals surface area (Å²) in [7, 11) is 0. The average Bonchev–Trinajstić information content (AvgIpc) is 2.72. The molecule has 1 aromatic rings. The maximum atomic E-state index is 14.2. The molecule has 0 fully saturated rings. The monoisotopic (exact) mass is 517 g/mol. The maximum absolute atomic E-state index is 14.2. The van der Waals surface area contributed by atoms with E-state index in [9.17, 15) is 14.4 Å². The molecular weight excluding hydrogens is 466 g/mol. The van der Waals surface area contributed by atoms with Crippen molar-refractivity contribution in [1.82, 2.24) is 15.5 Å². The number of hydrogen-bond acceptors (Lipinski definition) is 4. The second-order valence-electron chi connectivity index (χ2n) is 12.4. The van der Waals surface area contributed by atoms with E-state index in [-0.39, 0.29) is 17.7 Å². The minimum atomic E-state index is -0.838. The van der Waals surface area contributed by atoms with Crippen LogP contribution in [0.1, 0.15) is 111 Å². The third-order valence-corrected chi connectivity index (χ3v) is 6.01. The lowest BCUT2D eigenvalue weighted by Gasteiger charge is -2.38. The van der Waals surface area contributed by atoms with Crippen LogP contribution in [0.25, 0.3) is 0 Å². The van der Waals surface area contributed by atoms with Gasteiger partial charge in [-0.15, -0.1) is 0 Å². The highest BCUT2D eigenvalue weighted by molar-refractivity contribution is 5.93. The van der Waals surface area contributed by atoms with Crippen LogP contribution in [0.2, 0.25) is 0 Å². The first-order chi connectivity index (χ1) is 17.0. The Labute approximate surface area is 225 Å². The fourth-order valence-corrected chi connectivity index (χ4v) is 4.33. The van der Waals surface area contributed by atoms with Crippen molar-refractivity contribution in [2.75, 3.05) is 6.54 Å². The molecule has 37 heavy (non-hydrogen) atoms. The van der Waals surface area contributed by atoms with Crippen LogP contribution in [0.5, 0.6) is 0 Å². The second-order valence-corrected chi connectivity index (χ2v) is 12.4. The molecule has 7 heteroatoms. The number of benzene rings is 1. The fourth-order valence-electron chi connectivity index (χ4n) is 4.33. The number of nitrogens with one attached hydrogen (secondary N) is 2. The summed E-state index contributed by atoms with van der Waals surface area (Å²) < 4.78 is 5.46. The van der Waals surface area contributed by atoms with Crippen molar-refractivity contribution in [2.24, 2.45) is 5.92 Å². The van der Waals surface area contributed by atoms with Crippen molar-refractivity contribution >= 4 is 17.9 Å². The Morgan fingerprint density at radius 2 is 1.51 bits per heavy atom. The summed E-state index contributed by atoms with van der Waals surface area (Å²) in [6.45, 7) is 21.4. The number of alkyl carbamates (subject to hydrolysis) is 1. The van der Waals surface area contributed by atoms with Crippen LogP contribution in [0.4, 0.5) is 4.79 Å². The molecule has 0 heterocycles. The summed E-state index contributed by atoms with van der Waals surface area (Å²) in [6, 6.07) is 4.24. The van der Waals surface area contributed by atoms with Gasteiger partial charge in [-0.25, -0.2) is 4.79 Å². The van der Waals surface area contributed by atoms with E-state index in [0.717, 1.165) is 42.4 Å². The van der Waals surface area contributed by atoms with Crippen LogP contribution in [0, 0.1) is 19.8 Å². The molecule has 0 aliphatic carbocycles. The molecule has 3 amide bonds. The molecule has 0 spiro atoms. The first kappa shape index (κ1) is 32.5. The number of nitrogens with zero attached hydrogens (tertiary/aromatic N) is 1. The number of amides is 3. The van der Waals surface area contributed by atoms with Gasteiger partial charge in [0, 0.05) is 12.1 Å². The van der Waals surface area contributed by atoms with Crippen molar-refractivity contribution in [3.63, 3.8) is 0 Å². The highest BCUT2D eigenvalue weighted by Gasteiger charge is 2.39. The first-order valence-electron chi connectivity index (χ1n) is 13.7. The van der Waals surface area contributed by atoms with Gasteiger partial charge in [0.2, 0.25) is 11.8 Å². The van der Waals surface area contributed by atoms with Crippen molar-refractivity contribution < 1.29 is 19.1 Å². The lowest BCUT2D eigenvalue weighted by Crippen LogP contribution is -2.56. The van der Waals surface area contributed by atoms with Gasteiger partial charge in [0.1, 0.15) is 17.7 Å². The standard InChI is InChI=1S/C30H51N3O4/c1-12-13-14-15-19-33(27(35)24(20(2)3)31-28(36)37-30(9,10)11)25(26(34)32-29(6,7)8)23-21(4)17-16-18-22(23)5/h16-18,20,24-25H,12-15,19H2,1-11H3,(H,31,36)(H,32,34). The second kappa shape index (κ2) is 13.8. The van der Waals surface area contributed by atoms with Gasteiger partial charge in [0.15, 0.2) is 0 Å². The number of carbonyl (C=O) groups excluding carboxylic acids is 3. The molecule has 0 aromatic heterocycles. The third kappa shape index (κ3) is 10.7. The van der Waals surface area contributed by atoms with Gasteiger partial charge in [0.05, 0.1) is 0 Å². The van der Waals surface area contributed by atoms with Crippen LogP contribution >= 0.6 is 0 Å². The smallest absolute Gasteiger partial charge is 0.408 e. The highest BCUT2D eigenvalue weighted by atomic mass is 16.6. The van der Waals surface area contributed by atoms with Crippen LogP contribution < -0.4 is 10.6 Å². The van der Waals surface area contributed by atoms with Gasteiger partial charge in [-0.2, -0.15) is 0 Å². The van der Waals surface area contributed by atoms with Gasteiger partial charge in [-0.1, -0.05) is 58.2 Å². The van der Waals surface area contributed by atoms with Crippen LogP contribution in [-0.2, 0) is 14.3 Å². The zero-order chi connectivity index (χ0) is 28.6. The SMILES string of the molecule is CCCCCCN(C(=O)C(NC(=O)OC(C)(C)C)C(C)C)C(C(=O)NC(C)(C)C)c1c(C)cccc1C. The van der Waals surface area contributed by atoms with E-state index in [0.29, 0.717) is 6.54 Å². The Morgan fingerprint density at radius 3 is 1.97 bits per heavy atom. The molecule has 210 valence electrons. The van der Waals surface area contributed by atoms with E-state index >= 15 is 0 Å². The van der Waals surface area contributed by atoms with Gasteiger partial charge < -0.3 is 20.3 Å². The number of hydrogen-bond donors (Lipinski definition) is 2. The largest absolute Gasteiger partial charge is 0.444 e. The molecule has 0 bridgehead atoms. The quantitative estimate of drug-likeness (QED) is 0.341. The number of carbonyl (C=O) groups is 3. The Balaban J connectivity index is 3.60. The fraction of sp³-hybridized carbons (Fsp3) is 0.700. The Bertz CT molecular complexity index is 892. The normalized spacial score (nSPS) is 13.6. The molecule has 2 unspecified atom stereocenters. The molecule has 0 radical (unpaired) electrons. The predicted octanol–water partition coefficient (Wildman–Crippen LogP) is 6.22. The highest BCUT2D eigenvalue weighted by Crippen LogP contribution is 2.30. The maximum Gasteiger partial charge on any atom is 0.408 e. The van der Waals surface area contributed by atoms with Crippen molar-refractivity contribution in [1.29, 1.82) is 0 Å². The van der Waals surface area contributed by atoms with Crippen molar-refractivity contribution in [3.8, 4) is 0 Å². The van der Waals surface area contributed by atoms with Crippen LogP contribution in [0.15, 0.2) is 18.2 Å². The van der Waals surface area contributed by atoms with E-state index < -0.39 is 29.3 Å². The van der Waals surface area contributed by atoms with Crippen LogP contribution in [0.3, 0.4) is 0 Å². The van der Waals surface area contributed by atoms with E-state index in [4.69, 9.17) is 4.74 Å². The van der Waals surface area contributed by atoms with E-state index in [1.54, 1.807) is 25.7 Å². The molecule has 0 saturated heterocycles. The van der Waals surface area contributed by atoms with Crippen LogP contribution in [-0.4, -0.2) is 46.5 Å².